The first-order valence-electron chi connectivity index (χ1n) is 7.08. The average Bonchev–Trinajstić information content (AvgIpc) is 3.00. The normalized spacial score (nSPS) is 26.6. The lowest BCUT2D eigenvalue weighted by molar-refractivity contribution is 0.298. The van der Waals surface area contributed by atoms with Crippen LogP contribution in [0.25, 0.3) is 0 Å². The Balaban J connectivity index is 1.59. The molecule has 0 aromatic heterocycles. The van der Waals surface area contributed by atoms with Crippen LogP contribution in [0.4, 0.5) is 0 Å². The lowest BCUT2D eigenvalue weighted by Crippen LogP contribution is -2.38. The van der Waals surface area contributed by atoms with Gasteiger partial charge in [0.2, 0.25) is 0 Å². The van der Waals surface area contributed by atoms with Gasteiger partial charge in [-0.15, -0.1) is 0 Å². The number of methoxy groups -OCH3 is 1. The third-order valence-electron chi connectivity index (χ3n) is 4.39. The molecule has 0 aliphatic carbocycles. The van der Waals surface area contributed by atoms with Crippen LogP contribution in [0, 0.1) is 0 Å². The summed E-state index contributed by atoms with van der Waals surface area (Å²) < 4.78 is 6.29. The Morgan fingerprint density at radius 3 is 3.05 bits per heavy atom. The van der Waals surface area contributed by atoms with Crippen molar-refractivity contribution >= 4 is 15.9 Å². The zero-order valence-electron chi connectivity index (χ0n) is 11.4. The molecule has 0 bridgehead atoms. The van der Waals surface area contributed by atoms with Crippen molar-refractivity contribution in [3.05, 3.63) is 28.2 Å². The van der Waals surface area contributed by atoms with Crippen molar-refractivity contribution in [1.82, 2.24) is 10.2 Å². The van der Waals surface area contributed by atoms with Crippen LogP contribution in [-0.2, 0) is 6.54 Å². The van der Waals surface area contributed by atoms with E-state index in [9.17, 15) is 0 Å². The molecule has 2 aliphatic heterocycles. The molecule has 2 unspecified atom stereocenters. The van der Waals surface area contributed by atoms with Gasteiger partial charge in [-0.3, -0.25) is 4.90 Å². The van der Waals surface area contributed by atoms with Crippen molar-refractivity contribution in [1.29, 1.82) is 0 Å². The third kappa shape index (κ3) is 2.81. The lowest BCUT2D eigenvalue weighted by atomic mass is 10.1. The highest BCUT2D eigenvalue weighted by molar-refractivity contribution is 9.10. The largest absolute Gasteiger partial charge is 0.496 e. The summed E-state index contributed by atoms with van der Waals surface area (Å²) >= 11 is 3.54. The molecule has 2 atom stereocenters. The van der Waals surface area contributed by atoms with Gasteiger partial charge in [-0.25, -0.2) is 0 Å². The van der Waals surface area contributed by atoms with Gasteiger partial charge in [-0.2, -0.15) is 0 Å². The Bertz CT molecular complexity index is 452. The first-order valence-corrected chi connectivity index (χ1v) is 7.87. The molecule has 2 heterocycles. The van der Waals surface area contributed by atoms with Crippen molar-refractivity contribution < 1.29 is 4.74 Å². The molecule has 19 heavy (non-hydrogen) atoms. The molecule has 1 N–H and O–H groups in total. The number of hydrogen-bond acceptors (Lipinski definition) is 3. The summed E-state index contributed by atoms with van der Waals surface area (Å²) in [5, 5.41) is 3.73. The molecule has 0 spiro atoms. The molecule has 3 nitrogen and oxygen atoms in total. The van der Waals surface area contributed by atoms with Gasteiger partial charge in [0, 0.05) is 25.2 Å². The molecule has 2 saturated heterocycles. The quantitative estimate of drug-likeness (QED) is 0.921. The summed E-state index contributed by atoms with van der Waals surface area (Å²) in [4.78, 5) is 2.64. The Morgan fingerprint density at radius 1 is 1.37 bits per heavy atom. The topological polar surface area (TPSA) is 24.5 Å². The second-order valence-electron chi connectivity index (χ2n) is 5.49. The van der Waals surface area contributed by atoms with E-state index in [-0.39, 0.29) is 0 Å². The van der Waals surface area contributed by atoms with Crippen LogP contribution in [0.5, 0.6) is 5.75 Å². The standard InChI is InChI=1S/C15H21BrN2O/c1-19-15-5-4-11(9-12(15)16)10-17-13-6-8-18-7-2-3-14(13)18/h4-5,9,13-14,17H,2-3,6-8,10H2,1H3. The maximum atomic E-state index is 5.26. The van der Waals surface area contributed by atoms with Crippen molar-refractivity contribution in [2.24, 2.45) is 0 Å². The summed E-state index contributed by atoms with van der Waals surface area (Å²) in [5.74, 6) is 0.895. The van der Waals surface area contributed by atoms with Gasteiger partial charge in [-0.1, -0.05) is 6.07 Å². The van der Waals surface area contributed by atoms with E-state index in [1.54, 1.807) is 7.11 Å². The van der Waals surface area contributed by atoms with Crippen LogP contribution in [0.15, 0.2) is 22.7 Å². The SMILES string of the molecule is COc1ccc(CNC2CCN3CCCC23)cc1Br. The fourth-order valence-corrected chi connectivity index (χ4v) is 3.98. The fraction of sp³-hybridized carbons (Fsp3) is 0.600. The highest BCUT2D eigenvalue weighted by Gasteiger charge is 2.36. The van der Waals surface area contributed by atoms with E-state index >= 15 is 0 Å². The first kappa shape index (κ1) is 13.4. The highest BCUT2D eigenvalue weighted by atomic mass is 79.9. The summed E-state index contributed by atoms with van der Waals surface area (Å²) in [6.07, 6.45) is 4.03. The van der Waals surface area contributed by atoms with Gasteiger partial charge in [0.25, 0.3) is 0 Å². The van der Waals surface area contributed by atoms with Gasteiger partial charge in [-0.05, 0) is 59.4 Å². The Hall–Kier alpha value is -0.580. The molecule has 0 saturated carbocycles. The van der Waals surface area contributed by atoms with Gasteiger partial charge in [0.1, 0.15) is 5.75 Å². The number of benzene rings is 1. The van der Waals surface area contributed by atoms with Gasteiger partial charge >= 0.3 is 0 Å². The van der Waals surface area contributed by atoms with E-state index in [2.05, 4.69) is 38.3 Å². The third-order valence-corrected chi connectivity index (χ3v) is 5.01. The Kier molecular flexibility index (Phi) is 4.10. The van der Waals surface area contributed by atoms with Crippen LogP contribution >= 0.6 is 15.9 Å². The summed E-state index contributed by atoms with van der Waals surface area (Å²) in [7, 11) is 1.70. The maximum Gasteiger partial charge on any atom is 0.133 e. The van der Waals surface area contributed by atoms with Gasteiger partial charge in [0.15, 0.2) is 0 Å². The number of nitrogens with zero attached hydrogens (tertiary/aromatic N) is 1. The van der Waals surface area contributed by atoms with Crippen molar-refractivity contribution in [2.75, 3.05) is 20.2 Å². The number of halogens is 1. The predicted octanol–water partition coefficient (Wildman–Crippen LogP) is 2.78. The van der Waals surface area contributed by atoms with Gasteiger partial charge in [0.05, 0.1) is 11.6 Å². The van der Waals surface area contributed by atoms with Crippen molar-refractivity contribution in [3.63, 3.8) is 0 Å². The Labute approximate surface area is 123 Å². The number of fused-ring (bicyclic) bond motifs is 1. The van der Waals surface area contributed by atoms with E-state index in [0.717, 1.165) is 22.8 Å². The van der Waals surface area contributed by atoms with Crippen LogP contribution in [0.2, 0.25) is 0 Å². The summed E-state index contributed by atoms with van der Waals surface area (Å²) in [6, 6.07) is 7.76. The van der Waals surface area contributed by atoms with E-state index in [1.165, 1.54) is 37.9 Å². The lowest BCUT2D eigenvalue weighted by Gasteiger charge is -2.21. The number of nitrogens with one attached hydrogen (secondary N) is 1. The molecule has 0 radical (unpaired) electrons. The minimum Gasteiger partial charge on any atom is -0.496 e. The minimum atomic E-state index is 0.670. The Morgan fingerprint density at radius 2 is 2.26 bits per heavy atom. The van der Waals surface area contributed by atoms with Crippen LogP contribution in [0.3, 0.4) is 0 Å². The zero-order chi connectivity index (χ0) is 13.2. The molecule has 2 fully saturated rings. The second kappa shape index (κ2) is 5.81. The molecule has 3 rings (SSSR count). The molecule has 104 valence electrons. The minimum absolute atomic E-state index is 0.670. The monoisotopic (exact) mass is 324 g/mol. The smallest absolute Gasteiger partial charge is 0.133 e. The average molecular weight is 325 g/mol. The fourth-order valence-electron chi connectivity index (χ4n) is 3.39. The zero-order valence-corrected chi connectivity index (χ0v) is 12.9. The van der Waals surface area contributed by atoms with E-state index in [4.69, 9.17) is 4.74 Å². The van der Waals surface area contributed by atoms with Crippen LogP contribution < -0.4 is 10.1 Å². The molecule has 0 amide bonds. The molecular weight excluding hydrogens is 304 g/mol. The van der Waals surface area contributed by atoms with Crippen LogP contribution in [-0.4, -0.2) is 37.2 Å². The van der Waals surface area contributed by atoms with Crippen LogP contribution in [0.1, 0.15) is 24.8 Å². The van der Waals surface area contributed by atoms with Gasteiger partial charge < -0.3 is 10.1 Å². The van der Waals surface area contributed by atoms with Crippen molar-refractivity contribution in [3.8, 4) is 5.75 Å². The number of rotatable bonds is 4. The number of hydrogen-bond donors (Lipinski definition) is 1. The number of ether oxygens (including phenoxy) is 1. The van der Waals surface area contributed by atoms with Crippen molar-refractivity contribution in [2.45, 2.75) is 37.9 Å². The molecule has 4 heteroatoms. The van der Waals surface area contributed by atoms with E-state index in [1.807, 2.05) is 6.07 Å². The molecular formula is C15H21BrN2O. The predicted molar refractivity (Wildman–Crippen MR) is 80.5 cm³/mol. The maximum absolute atomic E-state index is 5.26. The molecule has 1 aromatic carbocycles. The summed E-state index contributed by atoms with van der Waals surface area (Å²) in [5.41, 5.74) is 1.31. The molecule has 1 aromatic rings. The van der Waals surface area contributed by atoms with E-state index < -0.39 is 0 Å². The van der Waals surface area contributed by atoms with E-state index in [0.29, 0.717) is 6.04 Å². The second-order valence-corrected chi connectivity index (χ2v) is 6.34. The summed E-state index contributed by atoms with van der Waals surface area (Å²) in [6.45, 7) is 3.52. The molecule has 2 aliphatic rings. The first-order chi connectivity index (χ1) is 9.28. The highest BCUT2D eigenvalue weighted by Crippen LogP contribution is 2.29.